The fraction of sp³-hybridized carbons (Fsp3) is 0.381. The average molecular weight is 436 g/mol. The lowest BCUT2D eigenvalue weighted by Gasteiger charge is -2.28. The lowest BCUT2D eigenvalue weighted by Crippen LogP contribution is -2.36. The summed E-state index contributed by atoms with van der Waals surface area (Å²) in [5, 5.41) is 40.1. The van der Waals surface area contributed by atoms with Crippen molar-refractivity contribution in [3.63, 3.8) is 0 Å². The maximum Gasteiger partial charge on any atom is 0.339 e. The standard InChI is InChI=1S/C21H24N8O3/c1-28(2)19-13(21(31)32)7-8-17(26-19)25-15-9-18(24-14-5-3-4-6-16(14)30)27-29-12(10-22)11-23-20(15)29/h7-9,11,14,16,30H,3-6H2,1-2H3,(H,24,27)(H,25,26)(H,31,32)/t14-,16-/m1/s1. The number of carboxylic acids is 1. The molecule has 1 aliphatic rings. The van der Waals surface area contributed by atoms with Crippen LogP contribution in [0.25, 0.3) is 5.65 Å². The zero-order valence-corrected chi connectivity index (χ0v) is 17.8. The number of hydrogen-bond donors (Lipinski definition) is 4. The van der Waals surface area contributed by atoms with Crippen LogP contribution in [0.1, 0.15) is 41.7 Å². The van der Waals surface area contributed by atoms with Crippen LogP contribution in [0.2, 0.25) is 0 Å². The Morgan fingerprint density at radius 3 is 2.75 bits per heavy atom. The highest BCUT2D eigenvalue weighted by atomic mass is 16.4. The summed E-state index contributed by atoms with van der Waals surface area (Å²) >= 11 is 0. The fourth-order valence-electron chi connectivity index (χ4n) is 3.84. The van der Waals surface area contributed by atoms with Gasteiger partial charge in [-0.25, -0.2) is 14.8 Å². The van der Waals surface area contributed by atoms with Crippen LogP contribution in [0.15, 0.2) is 24.4 Å². The number of hydrogen-bond acceptors (Lipinski definition) is 9. The summed E-state index contributed by atoms with van der Waals surface area (Å²) in [6.07, 6.45) is 4.52. The van der Waals surface area contributed by atoms with E-state index in [-0.39, 0.29) is 17.3 Å². The zero-order valence-electron chi connectivity index (χ0n) is 17.8. The van der Waals surface area contributed by atoms with E-state index in [0.717, 1.165) is 25.7 Å². The molecule has 0 aromatic carbocycles. The molecule has 0 radical (unpaired) electrons. The average Bonchev–Trinajstić information content (AvgIpc) is 3.18. The first-order chi connectivity index (χ1) is 15.4. The van der Waals surface area contributed by atoms with Crippen LogP contribution >= 0.6 is 0 Å². The van der Waals surface area contributed by atoms with Crippen molar-refractivity contribution in [1.29, 1.82) is 5.26 Å². The fourth-order valence-corrected chi connectivity index (χ4v) is 3.84. The second-order valence-electron chi connectivity index (χ2n) is 7.93. The monoisotopic (exact) mass is 436 g/mol. The van der Waals surface area contributed by atoms with Gasteiger partial charge >= 0.3 is 5.97 Å². The van der Waals surface area contributed by atoms with E-state index in [2.05, 4.69) is 31.8 Å². The molecule has 11 nitrogen and oxygen atoms in total. The second kappa shape index (κ2) is 8.68. The molecule has 0 bridgehead atoms. The number of anilines is 4. The molecule has 4 N–H and O–H groups in total. The van der Waals surface area contributed by atoms with Crippen LogP contribution in [0, 0.1) is 11.3 Å². The number of carboxylic acid groups (broad SMARTS) is 1. The van der Waals surface area contributed by atoms with Gasteiger partial charge in [-0.3, -0.25) is 0 Å². The lowest BCUT2D eigenvalue weighted by atomic mass is 9.92. The number of aliphatic hydroxyl groups excluding tert-OH is 1. The number of nitrogens with zero attached hydrogens (tertiary/aromatic N) is 6. The van der Waals surface area contributed by atoms with Crippen LogP contribution in [0.4, 0.5) is 23.1 Å². The molecule has 32 heavy (non-hydrogen) atoms. The van der Waals surface area contributed by atoms with E-state index >= 15 is 0 Å². The molecule has 3 aromatic heterocycles. The molecule has 4 rings (SSSR count). The number of aliphatic hydroxyl groups is 1. The number of nitriles is 1. The third-order valence-corrected chi connectivity index (χ3v) is 5.44. The topological polar surface area (TPSA) is 152 Å². The van der Waals surface area contributed by atoms with E-state index < -0.39 is 12.1 Å². The third-order valence-electron chi connectivity index (χ3n) is 5.44. The number of aromatic nitrogens is 4. The molecule has 3 aromatic rings. The molecule has 11 heteroatoms. The van der Waals surface area contributed by atoms with Crippen molar-refractivity contribution in [2.45, 2.75) is 37.8 Å². The van der Waals surface area contributed by atoms with Gasteiger partial charge in [0.1, 0.15) is 29.1 Å². The molecule has 166 valence electrons. The Hall–Kier alpha value is -3.91. The van der Waals surface area contributed by atoms with Crippen LogP contribution in [-0.2, 0) is 0 Å². The molecular weight excluding hydrogens is 412 g/mol. The Balaban J connectivity index is 1.73. The van der Waals surface area contributed by atoms with Gasteiger partial charge in [0.05, 0.1) is 24.0 Å². The van der Waals surface area contributed by atoms with Gasteiger partial charge in [0.2, 0.25) is 0 Å². The van der Waals surface area contributed by atoms with Crippen LogP contribution in [0.3, 0.4) is 0 Å². The largest absolute Gasteiger partial charge is 0.478 e. The number of imidazole rings is 1. The molecule has 0 amide bonds. The van der Waals surface area contributed by atoms with Crippen molar-refractivity contribution < 1.29 is 15.0 Å². The molecule has 2 atom stereocenters. The Labute approximate surface area is 184 Å². The van der Waals surface area contributed by atoms with Crippen LogP contribution in [-0.4, -0.2) is 62.0 Å². The van der Waals surface area contributed by atoms with E-state index in [0.29, 0.717) is 28.8 Å². The second-order valence-corrected chi connectivity index (χ2v) is 7.93. The van der Waals surface area contributed by atoms with Crippen molar-refractivity contribution >= 4 is 34.8 Å². The molecule has 0 unspecified atom stereocenters. The summed E-state index contributed by atoms with van der Waals surface area (Å²) in [5.74, 6) is 0.133. The van der Waals surface area contributed by atoms with E-state index in [1.807, 2.05) is 0 Å². The molecule has 3 heterocycles. The molecule has 1 aliphatic carbocycles. The minimum absolute atomic E-state index is 0.0849. The number of aromatic carboxylic acids is 1. The zero-order chi connectivity index (χ0) is 22.8. The molecule has 1 fully saturated rings. The Morgan fingerprint density at radius 2 is 2.06 bits per heavy atom. The minimum Gasteiger partial charge on any atom is -0.478 e. The predicted octanol–water partition coefficient (Wildman–Crippen LogP) is 2.22. The summed E-state index contributed by atoms with van der Waals surface area (Å²) in [4.78, 5) is 21.9. The number of carbonyl (C=O) groups is 1. The predicted molar refractivity (Wildman–Crippen MR) is 118 cm³/mol. The SMILES string of the molecule is CN(C)c1nc(Nc2cc(N[C@@H]3CCCC[C@H]3O)nn3c(C#N)cnc23)ccc1C(=O)O. The first-order valence-electron chi connectivity index (χ1n) is 10.3. The number of rotatable bonds is 6. The van der Waals surface area contributed by atoms with Crippen molar-refractivity contribution in [2.24, 2.45) is 0 Å². The van der Waals surface area contributed by atoms with Crippen LogP contribution in [0.5, 0.6) is 0 Å². The summed E-state index contributed by atoms with van der Waals surface area (Å²) in [5.41, 5.74) is 1.31. The van der Waals surface area contributed by atoms with E-state index in [9.17, 15) is 20.3 Å². The maximum absolute atomic E-state index is 11.5. The van der Waals surface area contributed by atoms with Gasteiger partial charge in [0.15, 0.2) is 11.3 Å². The summed E-state index contributed by atoms with van der Waals surface area (Å²) in [7, 11) is 3.43. The van der Waals surface area contributed by atoms with Gasteiger partial charge in [0, 0.05) is 20.2 Å². The minimum atomic E-state index is -1.07. The van der Waals surface area contributed by atoms with E-state index in [1.54, 1.807) is 31.1 Å². The highest BCUT2D eigenvalue weighted by Crippen LogP contribution is 2.28. The lowest BCUT2D eigenvalue weighted by molar-refractivity contribution is 0.0697. The molecule has 0 saturated heterocycles. The quantitative estimate of drug-likeness (QED) is 0.452. The van der Waals surface area contributed by atoms with Crippen molar-refractivity contribution in [3.05, 3.63) is 35.7 Å². The van der Waals surface area contributed by atoms with Gasteiger partial charge in [-0.05, 0) is 25.0 Å². The highest BCUT2D eigenvalue weighted by Gasteiger charge is 2.24. The van der Waals surface area contributed by atoms with Gasteiger partial charge in [-0.1, -0.05) is 12.8 Å². The maximum atomic E-state index is 11.5. The number of pyridine rings is 1. The molecule has 1 saturated carbocycles. The molecule has 0 spiro atoms. The first-order valence-corrected chi connectivity index (χ1v) is 10.3. The van der Waals surface area contributed by atoms with E-state index in [4.69, 9.17) is 0 Å². The Bertz CT molecular complexity index is 1200. The highest BCUT2D eigenvalue weighted by molar-refractivity contribution is 5.94. The summed E-state index contributed by atoms with van der Waals surface area (Å²) in [6, 6.07) is 6.73. The number of nitrogens with one attached hydrogen (secondary N) is 2. The van der Waals surface area contributed by atoms with Crippen LogP contribution < -0.4 is 15.5 Å². The summed E-state index contributed by atoms with van der Waals surface area (Å²) in [6.45, 7) is 0. The number of fused-ring (bicyclic) bond motifs is 1. The van der Waals surface area contributed by atoms with Crippen molar-refractivity contribution in [1.82, 2.24) is 19.6 Å². The first kappa shape index (κ1) is 21.3. The van der Waals surface area contributed by atoms with Gasteiger partial charge in [-0.15, -0.1) is 5.10 Å². The Kier molecular flexibility index (Phi) is 5.79. The van der Waals surface area contributed by atoms with Crippen molar-refractivity contribution in [3.8, 4) is 6.07 Å². The van der Waals surface area contributed by atoms with Gasteiger partial charge in [0.25, 0.3) is 0 Å². The third kappa shape index (κ3) is 4.13. The molecule has 0 aliphatic heterocycles. The van der Waals surface area contributed by atoms with Gasteiger partial charge < -0.3 is 25.7 Å². The normalized spacial score (nSPS) is 18.2. The summed E-state index contributed by atoms with van der Waals surface area (Å²) < 4.78 is 1.43. The Morgan fingerprint density at radius 1 is 1.28 bits per heavy atom. The van der Waals surface area contributed by atoms with E-state index in [1.165, 1.54) is 16.8 Å². The van der Waals surface area contributed by atoms with Gasteiger partial charge in [-0.2, -0.15) is 9.78 Å². The smallest absolute Gasteiger partial charge is 0.339 e. The molecular formula is C21H24N8O3. The van der Waals surface area contributed by atoms with Crippen molar-refractivity contribution in [2.75, 3.05) is 29.6 Å².